The van der Waals surface area contributed by atoms with E-state index in [4.69, 9.17) is 11.6 Å². The van der Waals surface area contributed by atoms with Crippen molar-refractivity contribution in [1.82, 2.24) is 5.32 Å². The second-order valence-electron chi connectivity index (χ2n) is 3.89. The molecule has 1 rings (SSSR count). The molecule has 0 aliphatic carbocycles. The highest BCUT2D eigenvalue weighted by Crippen LogP contribution is 2.27. The van der Waals surface area contributed by atoms with Crippen LogP contribution < -0.4 is 5.32 Å². The van der Waals surface area contributed by atoms with Crippen LogP contribution >= 0.6 is 11.6 Å². The first-order valence-electron chi connectivity index (χ1n) is 5.65. The fourth-order valence-electron chi connectivity index (χ4n) is 2.10. The molecule has 0 saturated heterocycles. The van der Waals surface area contributed by atoms with Gasteiger partial charge in [0.2, 0.25) is 0 Å². The lowest BCUT2D eigenvalue weighted by molar-refractivity contribution is 0.359. The first kappa shape index (κ1) is 12.5. The van der Waals surface area contributed by atoms with Gasteiger partial charge in [0.05, 0.1) is 0 Å². The molecule has 1 atom stereocenters. The van der Waals surface area contributed by atoms with E-state index in [0.29, 0.717) is 12.0 Å². The zero-order chi connectivity index (χ0) is 11.3. The average molecular weight is 226 g/mol. The summed E-state index contributed by atoms with van der Waals surface area (Å²) in [5, 5.41) is 4.20. The SMILES string of the molecule is CCC(CC)C(NC)c1ccc(Cl)cc1. The standard InChI is InChI=1S/C13H20ClN/c1-4-10(5-2)13(15-3)11-6-8-12(14)9-7-11/h6-10,13,15H,4-5H2,1-3H3. The zero-order valence-electron chi connectivity index (χ0n) is 9.76. The molecule has 0 heterocycles. The van der Waals surface area contributed by atoms with Crippen molar-refractivity contribution >= 4 is 11.6 Å². The number of rotatable bonds is 5. The van der Waals surface area contributed by atoms with E-state index in [1.807, 2.05) is 19.2 Å². The van der Waals surface area contributed by atoms with Gasteiger partial charge in [-0.15, -0.1) is 0 Å². The van der Waals surface area contributed by atoms with Gasteiger partial charge in [-0.2, -0.15) is 0 Å². The Morgan fingerprint density at radius 3 is 2.07 bits per heavy atom. The van der Waals surface area contributed by atoms with Gasteiger partial charge in [0, 0.05) is 11.1 Å². The first-order valence-corrected chi connectivity index (χ1v) is 6.03. The summed E-state index contributed by atoms with van der Waals surface area (Å²) in [5.41, 5.74) is 1.33. The first-order chi connectivity index (χ1) is 7.22. The zero-order valence-corrected chi connectivity index (χ0v) is 10.5. The van der Waals surface area contributed by atoms with Crippen LogP contribution in [0.15, 0.2) is 24.3 Å². The minimum Gasteiger partial charge on any atom is -0.313 e. The smallest absolute Gasteiger partial charge is 0.0406 e. The second-order valence-corrected chi connectivity index (χ2v) is 4.33. The van der Waals surface area contributed by atoms with Crippen molar-refractivity contribution in [3.63, 3.8) is 0 Å². The monoisotopic (exact) mass is 225 g/mol. The fraction of sp³-hybridized carbons (Fsp3) is 0.538. The molecule has 0 fully saturated rings. The highest BCUT2D eigenvalue weighted by atomic mass is 35.5. The minimum atomic E-state index is 0.442. The number of nitrogens with one attached hydrogen (secondary N) is 1. The molecule has 1 unspecified atom stereocenters. The van der Waals surface area contributed by atoms with Crippen molar-refractivity contribution in [3.05, 3.63) is 34.9 Å². The largest absolute Gasteiger partial charge is 0.313 e. The second kappa shape index (κ2) is 6.14. The van der Waals surface area contributed by atoms with E-state index in [1.165, 1.54) is 18.4 Å². The van der Waals surface area contributed by atoms with Crippen molar-refractivity contribution < 1.29 is 0 Å². The summed E-state index contributed by atoms with van der Waals surface area (Å²) in [7, 11) is 2.03. The molecule has 0 aromatic heterocycles. The fourth-order valence-corrected chi connectivity index (χ4v) is 2.23. The predicted octanol–water partition coefficient (Wildman–Crippen LogP) is 4.04. The summed E-state index contributed by atoms with van der Waals surface area (Å²) in [6.45, 7) is 4.49. The van der Waals surface area contributed by atoms with Crippen LogP contribution in [0.4, 0.5) is 0 Å². The molecular weight excluding hydrogens is 206 g/mol. The molecule has 15 heavy (non-hydrogen) atoms. The maximum Gasteiger partial charge on any atom is 0.0406 e. The predicted molar refractivity (Wildman–Crippen MR) is 67.3 cm³/mol. The highest BCUT2D eigenvalue weighted by Gasteiger charge is 2.17. The number of hydrogen-bond acceptors (Lipinski definition) is 1. The quantitative estimate of drug-likeness (QED) is 0.798. The van der Waals surface area contributed by atoms with Crippen LogP contribution in [0.5, 0.6) is 0 Å². The Labute approximate surface area is 97.8 Å². The lowest BCUT2D eigenvalue weighted by Gasteiger charge is -2.25. The average Bonchev–Trinajstić information content (AvgIpc) is 2.27. The lowest BCUT2D eigenvalue weighted by Crippen LogP contribution is -2.24. The van der Waals surface area contributed by atoms with Gasteiger partial charge >= 0.3 is 0 Å². The van der Waals surface area contributed by atoms with Crippen molar-refractivity contribution in [2.45, 2.75) is 32.7 Å². The Morgan fingerprint density at radius 1 is 1.13 bits per heavy atom. The Bertz CT molecular complexity index is 277. The van der Waals surface area contributed by atoms with Crippen molar-refractivity contribution in [3.8, 4) is 0 Å². The topological polar surface area (TPSA) is 12.0 Å². The van der Waals surface area contributed by atoms with E-state index in [2.05, 4.69) is 31.3 Å². The Kier molecular flexibility index (Phi) is 5.13. The summed E-state index contributed by atoms with van der Waals surface area (Å²) < 4.78 is 0. The number of halogens is 1. The maximum absolute atomic E-state index is 5.89. The molecule has 0 amide bonds. The molecule has 2 heteroatoms. The van der Waals surface area contributed by atoms with Crippen LogP contribution in [-0.4, -0.2) is 7.05 Å². The van der Waals surface area contributed by atoms with Crippen molar-refractivity contribution in [2.75, 3.05) is 7.05 Å². The summed E-state index contributed by atoms with van der Waals surface area (Å²) in [6.07, 6.45) is 2.40. The summed E-state index contributed by atoms with van der Waals surface area (Å²) in [5.74, 6) is 0.691. The van der Waals surface area contributed by atoms with E-state index in [-0.39, 0.29) is 0 Å². The molecule has 1 nitrogen and oxygen atoms in total. The summed E-state index contributed by atoms with van der Waals surface area (Å²) >= 11 is 5.89. The van der Waals surface area contributed by atoms with Crippen LogP contribution in [0.2, 0.25) is 5.02 Å². The van der Waals surface area contributed by atoms with Gasteiger partial charge in [0.1, 0.15) is 0 Å². The molecule has 0 radical (unpaired) electrons. The van der Waals surface area contributed by atoms with Crippen molar-refractivity contribution in [2.24, 2.45) is 5.92 Å². The third-order valence-electron chi connectivity index (χ3n) is 3.06. The molecule has 0 spiro atoms. The maximum atomic E-state index is 5.89. The summed E-state index contributed by atoms with van der Waals surface area (Å²) in [6, 6.07) is 8.59. The molecule has 84 valence electrons. The highest BCUT2D eigenvalue weighted by molar-refractivity contribution is 6.30. The third-order valence-corrected chi connectivity index (χ3v) is 3.31. The normalized spacial score (nSPS) is 13.1. The van der Waals surface area contributed by atoms with Gasteiger partial charge in [0.25, 0.3) is 0 Å². The van der Waals surface area contributed by atoms with Crippen LogP contribution in [0, 0.1) is 5.92 Å². The van der Waals surface area contributed by atoms with Crippen molar-refractivity contribution in [1.29, 1.82) is 0 Å². The van der Waals surface area contributed by atoms with Crippen LogP contribution in [-0.2, 0) is 0 Å². The van der Waals surface area contributed by atoms with Crippen LogP contribution in [0.3, 0.4) is 0 Å². The van der Waals surface area contributed by atoms with Crippen LogP contribution in [0.25, 0.3) is 0 Å². The van der Waals surface area contributed by atoms with Gasteiger partial charge in [-0.05, 0) is 30.7 Å². The van der Waals surface area contributed by atoms with Gasteiger partial charge in [0.15, 0.2) is 0 Å². The van der Waals surface area contributed by atoms with Crippen LogP contribution in [0.1, 0.15) is 38.3 Å². The third kappa shape index (κ3) is 3.22. The molecule has 0 aliphatic rings. The molecule has 0 saturated carbocycles. The van der Waals surface area contributed by atoms with E-state index in [1.54, 1.807) is 0 Å². The number of benzene rings is 1. The summed E-state index contributed by atoms with van der Waals surface area (Å²) in [4.78, 5) is 0. The van der Waals surface area contributed by atoms with Gasteiger partial charge in [-0.3, -0.25) is 0 Å². The molecular formula is C13H20ClN. The molecule has 1 aromatic carbocycles. The van der Waals surface area contributed by atoms with E-state index < -0.39 is 0 Å². The number of hydrogen-bond donors (Lipinski definition) is 1. The minimum absolute atomic E-state index is 0.442. The lowest BCUT2D eigenvalue weighted by atomic mass is 9.89. The molecule has 0 bridgehead atoms. The Balaban J connectivity index is 2.86. The van der Waals surface area contributed by atoms with E-state index >= 15 is 0 Å². The molecule has 1 N–H and O–H groups in total. The van der Waals surface area contributed by atoms with E-state index in [9.17, 15) is 0 Å². The Morgan fingerprint density at radius 2 is 1.67 bits per heavy atom. The Hall–Kier alpha value is -0.530. The molecule has 0 aliphatic heterocycles. The van der Waals surface area contributed by atoms with E-state index in [0.717, 1.165) is 5.02 Å². The van der Waals surface area contributed by atoms with Gasteiger partial charge in [-0.25, -0.2) is 0 Å². The van der Waals surface area contributed by atoms with Gasteiger partial charge < -0.3 is 5.32 Å². The van der Waals surface area contributed by atoms with Gasteiger partial charge in [-0.1, -0.05) is 50.4 Å². The molecule has 1 aromatic rings.